The standard InChI is InChI=1S/C18H29N3O/c1-21(2)18(11-7-4-8-12-18)14-20-17(22)16(19)13-15-9-5-3-6-10-15/h3,5-6,9-10,16H,4,7-8,11-14,19H2,1-2H3,(H,20,22). The van der Waals surface area contributed by atoms with Crippen LogP contribution >= 0.6 is 0 Å². The summed E-state index contributed by atoms with van der Waals surface area (Å²) in [5.74, 6) is -0.0457. The van der Waals surface area contributed by atoms with E-state index in [1.54, 1.807) is 0 Å². The summed E-state index contributed by atoms with van der Waals surface area (Å²) in [5.41, 5.74) is 7.26. The summed E-state index contributed by atoms with van der Waals surface area (Å²) >= 11 is 0. The maximum Gasteiger partial charge on any atom is 0.237 e. The first-order valence-corrected chi connectivity index (χ1v) is 8.28. The molecule has 0 saturated heterocycles. The zero-order chi connectivity index (χ0) is 16.0. The molecule has 1 unspecified atom stereocenters. The predicted molar refractivity (Wildman–Crippen MR) is 90.6 cm³/mol. The maximum atomic E-state index is 12.3. The van der Waals surface area contributed by atoms with E-state index in [0.717, 1.165) is 18.4 Å². The Balaban J connectivity index is 1.88. The molecule has 2 rings (SSSR count). The topological polar surface area (TPSA) is 58.4 Å². The van der Waals surface area contributed by atoms with Crippen LogP contribution < -0.4 is 11.1 Å². The Morgan fingerprint density at radius 3 is 2.45 bits per heavy atom. The Hall–Kier alpha value is -1.39. The van der Waals surface area contributed by atoms with Crippen LogP contribution in [0.1, 0.15) is 37.7 Å². The van der Waals surface area contributed by atoms with Gasteiger partial charge in [-0.25, -0.2) is 0 Å². The number of amides is 1. The average molecular weight is 303 g/mol. The van der Waals surface area contributed by atoms with Crippen molar-refractivity contribution in [2.45, 2.75) is 50.1 Å². The molecule has 22 heavy (non-hydrogen) atoms. The Morgan fingerprint density at radius 2 is 1.86 bits per heavy atom. The number of rotatable bonds is 6. The SMILES string of the molecule is CN(C)C1(CNC(=O)C(N)Cc2ccccc2)CCCCC1. The van der Waals surface area contributed by atoms with E-state index in [2.05, 4.69) is 24.3 Å². The van der Waals surface area contributed by atoms with E-state index in [1.165, 1.54) is 19.3 Å². The number of benzene rings is 1. The fourth-order valence-corrected chi connectivity index (χ4v) is 3.34. The molecule has 1 aliphatic rings. The van der Waals surface area contributed by atoms with Crippen LogP contribution in [-0.2, 0) is 11.2 Å². The zero-order valence-electron chi connectivity index (χ0n) is 13.8. The molecule has 0 radical (unpaired) electrons. The highest BCUT2D eigenvalue weighted by Crippen LogP contribution is 2.31. The second-order valence-corrected chi connectivity index (χ2v) is 6.69. The molecule has 122 valence electrons. The molecule has 1 aromatic rings. The van der Waals surface area contributed by atoms with E-state index in [4.69, 9.17) is 5.73 Å². The van der Waals surface area contributed by atoms with Gasteiger partial charge in [0.25, 0.3) is 0 Å². The van der Waals surface area contributed by atoms with E-state index in [-0.39, 0.29) is 11.4 Å². The number of carbonyl (C=O) groups excluding carboxylic acids is 1. The molecule has 0 bridgehead atoms. The molecule has 0 aromatic heterocycles. The molecule has 1 atom stereocenters. The summed E-state index contributed by atoms with van der Waals surface area (Å²) in [6, 6.07) is 9.46. The monoisotopic (exact) mass is 303 g/mol. The highest BCUT2D eigenvalue weighted by molar-refractivity contribution is 5.81. The normalized spacial score (nSPS) is 18.9. The third kappa shape index (κ3) is 4.31. The second-order valence-electron chi connectivity index (χ2n) is 6.69. The minimum Gasteiger partial charge on any atom is -0.353 e. The zero-order valence-corrected chi connectivity index (χ0v) is 13.8. The van der Waals surface area contributed by atoms with Crippen molar-refractivity contribution >= 4 is 5.91 Å². The lowest BCUT2D eigenvalue weighted by Gasteiger charge is -2.43. The summed E-state index contributed by atoms with van der Waals surface area (Å²) in [4.78, 5) is 14.6. The lowest BCUT2D eigenvalue weighted by molar-refractivity contribution is -0.123. The molecule has 0 aliphatic heterocycles. The van der Waals surface area contributed by atoms with E-state index >= 15 is 0 Å². The molecule has 0 spiro atoms. The van der Waals surface area contributed by atoms with Crippen molar-refractivity contribution in [2.75, 3.05) is 20.6 Å². The lowest BCUT2D eigenvalue weighted by Crippen LogP contribution is -2.56. The Kier molecular flexibility index (Phi) is 5.98. The minimum absolute atomic E-state index is 0.0457. The van der Waals surface area contributed by atoms with Gasteiger partial charge in [0.15, 0.2) is 0 Å². The van der Waals surface area contributed by atoms with Gasteiger partial charge in [-0.2, -0.15) is 0 Å². The van der Waals surface area contributed by atoms with Crippen LogP contribution in [0.2, 0.25) is 0 Å². The van der Waals surface area contributed by atoms with Gasteiger partial charge in [-0.1, -0.05) is 49.6 Å². The Bertz CT molecular complexity index is 466. The summed E-state index contributed by atoms with van der Waals surface area (Å²) in [7, 11) is 4.22. The van der Waals surface area contributed by atoms with Crippen molar-refractivity contribution in [1.29, 1.82) is 0 Å². The van der Waals surface area contributed by atoms with Crippen LogP contribution in [0.15, 0.2) is 30.3 Å². The lowest BCUT2D eigenvalue weighted by atomic mass is 9.80. The van der Waals surface area contributed by atoms with Gasteiger partial charge in [-0.15, -0.1) is 0 Å². The van der Waals surface area contributed by atoms with Gasteiger partial charge in [0, 0.05) is 12.1 Å². The summed E-state index contributed by atoms with van der Waals surface area (Å²) in [6.45, 7) is 0.696. The Morgan fingerprint density at radius 1 is 1.23 bits per heavy atom. The van der Waals surface area contributed by atoms with Gasteiger partial charge in [0.05, 0.1) is 6.04 Å². The summed E-state index contributed by atoms with van der Waals surface area (Å²) in [6.07, 6.45) is 6.66. The van der Waals surface area contributed by atoms with E-state index in [1.807, 2.05) is 30.3 Å². The van der Waals surface area contributed by atoms with Gasteiger partial charge in [0.2, 0.25) is 5.91 Å². The first-order valence-electron chi connectivity index (χ1n) is 8.28. The molecule has 1 aromatic carbocycles. The molecule has 0 heterocycles. The molecule has 1 saturated carbocycles. The molecule has 1 fully saturated rings. The number of hydrogen-bond donors (Lipinski definition) is 2. The highest BCUT2D eigenvalue weighted by atomic mass is 16.2. The van der Waals surface area contributed by atoms with Crippen molar-refractivity contribution in [2.24, 2.45) is 5.73 Å². The van der Waals surface area contributed by atoms with Gasteiger partial charge in [-0.3, -0.25) is 4.79 Å². The predicted octanol–water partition coefficient (Wildman–Crippen LogP) is 1.94. The first-order chi connectivity index (χ1) is 10.5. The van der Waals surface area contributed by atoms with Crippen LogP contribution in [0.25, 0.3) is 0 Å². The minimum atomic E-state index is -0.481. The van der Waals surface area contributed by atoms with Crippen molar-refractivity contribution in [1.82, 2.24) is 10.2 Å². The van der Waals surface area contributed by atoms with Gasteiger partial charge in [0.1, 0.15) is 0 Å². The fraction of sp³-hybridized carbons (Fsp3) is 0.611. The van der Waals surface area contributed by atoms with Crippen LogP contribution in [-0.4, -0.2) is 43.0 Å². The molecular weight excluding hydrogens is 274 g/mol. The molecular formula is C18H29N3O. The van der Waals surface area contributed by atoms with Crippen LogP contribution in [0.4, 0.5) is 0 Å². The van der Waals surface area contributed by atoms with E-state index in [9.17, 15) is 4.79 Å². The first kappa shape index (κ1) is 17.0. The maximum absolute atomic E-state index is 12.3. The average Bonchev–Trinajstić information content (AvgIpc) is 2.54. The number of nitrogens with one attached hydrogen (secondary N) is 1. The van der Waals surface area contributed by atoms with E-state index in [0.29, 0.717) is 13.0 Å². The quantitative estimate of drug-likeness (QED) is 0.844. The molecule has 4 nitrogen and oxygen atoms in total. The fourth-order valence-electron chi connectivity index (χ4n) is 3.34. The third-order valence-corrected chi connectivity index (χ3v) is 4.96. The van der Waals surface area contributed by atoms with Crippen LogP contribution in [0.5, 0.6) is 0 Å². The Labute approximate surface area is 134 Å². The smallest absolute Gasteiger partial charge is 0.237 e. The molecule has 1 aliphatic carbocycles. The number of nitrogens with two attached hydrogens (primary N) is 1. The number of likely N-dealkylation sites (N-methyl/N-ethyl adjacent to an activating group) is 1. The largest absolute Gasteiger partial charge is 0.353 e. The van der Waals surface area contributed by atoms with Crippen LogP contribution in [0, 0.1) is 0 Å². The summed E-state index contributed by atoms with van der Waals surface area (Å²) in [5, 5.41) is 3.09. The van der Waals surface area contributed by atoms with Crippen molar-refractivity contribution in [3.05, 3.63) is 35.9 Å². The number of nitrogens with zero attached hydrogens (tertiary/aromatic N) is 1. The third-order valence-electron chi connectivity index (χ3n) is 4.96. The van der Waals surface area contributed by atoms with Crippen LogP contribution in [0.3, 0.4) is 0 Å². The number of carbonyl (C=O) groups is 1. The van der Waals surface area contributed by atoms with Crippen molar-refractivity contribution in [3.8, 4) is 0 Å². The van der Waals surface area contributed by atoms with E-state index < -0.39 is 6.04 Å². The molecule has 1 amide bonds. The van der Waals surface area contributed by atoms with Crippen molar-refractivity contribution < 1.29 is 4.79 Å². The molecule has 4 heteroatoms. The van der Waals surface area contributed by atoms with Gasteiger partial charge in [-0.05, 0) is 38.9 Å². The second kappa shape index (κ2) is 7.75. The number of hydrogen-bond acceptors (Lipinski definition) is 3. The summed E-state index contributed by atoms with van der Waals surface area (Å²) < 4.78 is 0. The molecule has 3 N–H and O–H groups in total. The van der Waals surface area contributed by atoms with Gasteiger partial charge < -0.3 is 16.0 Å². The van der Waals surface area contributed by atoms with Crippen molar-refractivity contribution in [3.63, 3.8) is 0 Å². The highest BCUT2D eigenvalue weighted by Gasteiger charge is 2.34. The van der Waals surface area contributed by atoms with Gasteiger partial charge >= 0.3 is 0 Å².